The molecule has 9 heteroatoms. The van der Waals surface area contributed by atoms with Gasteiger partial charge in [-0.15, -0.1) is 0 Å². The van der Waals surface area contributed by atoms with Crippen molar-refractivity contribution in [1.29, 1.82) is 0 Å². The van der Waals surface area contributed by atoms with Crippen LogP contribution in [0.3, 0.4) is 0 Å². The Labute approximate surface area is 228 Å². The topological polar surface area (TPSA) is 97.3 Å². The molecule has 200 valence electrons. The molecule has 0 saturated carbocycles. The van der Waals surface area contributed by atoms with E-state index in [1.165, 1.54) is 31.0 Å². The van der Waals surface area contributed by atoms with E-state index < -0.39 is 22.5 Å². The summed E-state index contributed by atoms with van der Waals surface area (Å²) >= 11 is 0. The highest BCUT2D eigenvalue weighted by Gasteiger charge is 2.27. The molecule has 4 rings (SSSR count). The van der Waals surface area contributed by atoms with Gasteiger partial charge in [-0.05, 0) is 78.7 Å². The summed E-state index contributed by atoms with van der Waals surface area (Å²) in [6.07, 6.45) is 1.48. The second kappa shape index (κ2) is 12.7. The summed E-state index contributed by atoms with van der Waals surface area (Å²) in [4.78, 5) is 12.8. The van der Waals surface area contributed by atoms with Gasteiger partial charge >= 0.3 is 0 Å². The molecule has 0 unspecified atom stereocenters. The number of sulfonamides is 1. The van der Waals surface area contributed by atoms with Crippen LogP contribution >= 0.6 is 0 Å². The molecule has 0 aromatic heterocycles. The number of benzene rings is 4. The van der Waals surface area contributed by atoms with E-state index in [9.17, 15) is 13.2 Å². The summed E-state index contributed by atoms with van der Waals surface area (Å²) in [5.74, 6) is 0.675. The maximum atomic E-state index is 13.4. The number of anilines is 1. The third-order valence-electron chi connectivity index (χ3n) is 5.79. The molecule has 0 heterocycles. The average molecular weight is 544 g/mol. The molecular formula is C30H29N3O5S. The number of nitrogens with zero attached hydrogens (tertiary/aromatic N) is 2. The first kappa shape index (κ1) is 27.4. The number of amides is 1. The van der Waals surface area contributed by atoms with Gasteiger partial charge in [0.15, 0.2) is 0 Å². The summed E-state index contributed by atoms with van der Waals surface area (Å²) in [6, 6.07) is 29.8. The van der Waals surface area contributed by atoms with Crippen LogP contribution in [0.2, 0.25) is 0 Å². The van der Waals surface area contributed by atoms with Crippen molar-refractivity contribution < 1.29 is 22.7 Å². The van der Waals surface area contributed by atoms with Gasteiger partial charge in [-0.1, -0.05) is 48.0 Å². The number of aryl methyl sites for hydroxylation is 1. The Morgan fingerprint density at radius 1 is 0.872 bits per heavy atom. The first-order valence-electron chi connectivity index (χ1n) is 12.2. The van der Waals surface area contributed by atoms with Crippen molar-refractivity contribution in [1.82, 2.24) is 5.43 Å². The molecule has 0 saturated heterocycles. The lowest BCUT2D eigenvalue weighted by atomic mass is 10.2. The third-order valence-corrected chi connectivity index (χ3v) is 7.58. The Hall–Kier alpha value is -4.63. The molecule has 0 fully saturated rings. The summed E-state index contributed by atoms with van der Waals surface area (Å²) in [5, 5.41) is 4.00. The van der Waals surface area contributed by atoms with Gasteiger partial charge in [0, 0.05) is 0 Å². The van der Waals surface area contributed by atoms with Crippen molar-refractivity contribution in [2.45, 2.75) is 18.4 Å². The average Bonchev–Trinajstić information content (AvgIpc) is 2.97. The number of hydrazone groups is 1. The molecule has 39 heavy (non-hydrogen) atoms. The summed E-state index contributed by atoms with van der Waals surface area (Å²) in [6.45, 7) is 2.03. The summed E-state index contributed by atoms with van der Waals surface area (Å²) < 4.78 is 38.8. The zero-order chi connectivity index (χ0) is 27.7. The maximum absolute atomic E-state index is 13.4. The fourth-order valence-corrected chi connectivity index (χ4v) is 5.07. The van der Waals surface area contributed by atoms with Crippen LogP contribution in [0.1, 0.15) is 16.7 Å². The fourth-order valence-electron chi connectivity index (χ4n) is 3.63. The number of nitrogens with one attached hydrogen (secondary N) is 1. The van der Waals surface area contributed by atoms with Crippen molar-refractivity contribution in [2.75, 3.05) is 18.0 Å². The first-order chi connectivity index (χ1) is 18.8. The number of carbonyl (C=O) groups is 1. The molecule has 4 aromatic rings. The van der Waals surface area contributed by atoms with Crippen molar-refractivity contribution in [2.24, 2.45) is 5.10 Å². The Morgan fingerprint density at radius 3 is 2.15 bits per heavy atom. The van der Waals surface area contributed by atoms with Crippen LogP contribution in [-0.4, -0.2) is 34.2 Å². The van der Waals surface area contributed by atoms with Gasteiger partial charge in [0.2, 0.25) is 0 Å². The quantitative estimate of drug-likeness (QED) is 0.214. The zero-order valence-corrected chi connectivity index (χ0v) is 22.5. The SMILES string of the molecule is COc1ccc(N(CC(=O)N/N=C\c2ccc(OCc3ccc(C)cc3)cc2)S(=O)(=O)c2ccccc2)cc1. The molecule has 0 aliphatic carbocycles. The zero-order valence-electron chi connectivity index (χ0n) is 21.7. The van der Waals surface area contributed by atoms with Crippen LogP contribution in [-0.2, 0) is 21.4 Å². The van der Waals surface area contributed by atoms with E-state index in [1.54, 1.807) is 42.5 Å². The first-order valence-corrected chi connectivity index (χ1v) is 13.6. The van der Waals surface area contributed by atoms with E-state index in [1.807, 2.05) is 55.5 Å². The molecule has 0 aliphatic rings. The van der Waals surface area contributed by atoms with E-state index in [-0.39, 0.29) is 4.90 Å². The van der Waals surface area contributed by atoms with E-state index in [4.69, 9.17) is 9.47 Å². The molecule has 0 atom stereocenters. The van der Waals surface area contributed by atoms with E-state index in [0.717, 1.165) is 15.4 Å². The normalized spacial score (nSPS) is 11.2. The summed E-state index contributed by atoms with van der Waals surface area (Å²) in [7, 11) is -2.49. The molecule has 1 N–H and O–H groups in total. The highest BCUT2D eigenvalue weighted by atomic mass is 32.2. The van der Waals surface area contributed by atoms with E-state index >= 15 is 0 Å². The minimum atomic E-state index is -4.01. The largest absolute Gasteiger partial charge is 0.497 e. The Morgan fingerprint density at radius 2 is 1.51 bits per heavy atom. The lowest BCUT2D eigenvalue weighted by molar-refractivity contribution is -0.119. The number of hydrogen-bond donors (Lipinski definition) is 1. The van der Waals surface area contributed by atoms with Gasteiger partial charge in [0.1, 0.15) is 24.7 Å². The van der Waals surface area contributed by atoms with Crippen LogP contribution in [0.4, 0.5) is 5.69 Å². The number of ether oxygens (including phenoxy) is 2. The smallest absolute Gasteiger partial charge is 0.264 e. The van der Waals surface area contributed by atoms with Crippen molar-refractivity contribution in [3.8, 4) is 11.5 Å². The van der Waals surface area contributed by atoms with E-state index in [2.05, 4.69) is 10.5 Å². The molecule has 0 bridgehead atoms. The number of hydrogen-bond acceptors (Lipinski definition) is 6. The van der Waals surface area contributed by atoms with Gasteiger partial charge in [-0.3, -0.25) is 9.10 Å². The minimum Gasteiger partial charge on any atom is -0.497 e. The predicted octanol–water partition coefficient (Wildman–Crippen LogP) is 4.93. The molecule has 0 spiro atoms. The lowest BCUT2D eigenvalue weighted by Crippen LogP contribution is -2.39. The van der Waals surface area contributed by atoms with Gasteiger partial charge < -0.3 is 9.47 Å². The number of carbonyl (C=O) groups excluding carboxylic acids is 1. The molecule has 8 nitrogen and oxygen atoms in total. The Balaban J connectivity index is 1.39. The highest BCUT2D eigenvalue weighted by Crippen LogP contribution is 2.25. The monoisotopic (exact) mass is 543 g/mol. The standard InChI is InChI=1S/C30H29N3O5S/c1-23-8-10-25(11-9-23)22-38-28-16-12-24(13-17-28)20-31-32-30(34)21-33(26-14-18-27(37-2)19-15-26)39(35,36)29-6-4-3-5-7-29/h3-20H,21-22H2,1-2H3,(H,32,34)/b31-20-. The van der Waals surface area contributed by atoms with Crippen molar-refractivity contribution in [3.05, 3.63) is 120 Å². The Bertz CT molecular complexity index is 1500. The maximum Gasteiger partial charge on any atom is 0.264 e. The number of rotatable bonds is 11. The number of methoxy groups -OCH3 is 1. The van der Waals surface area contributed by atoms with Crippen LogP contribution in [0.5, 0.6) is 11.5 Å². The van der Waals surface area contributed by atoms with Gasteiger partial charge in [0.25, 0.3) is 15.9 Å². The van der Waals surface area contributed by atoms with Gasteiger partial charge in [-0.2, -0.15) is 5.10 Å². The Kier molecular flexibility index (Phi) is 8.96. The third kappa shape index (κ3) is 7.45. The summed E-state index contributed by atoms with van der Waals surface area (Å²) in [5.41, 5.74) is 5.74. The predicted molar refractivity (Wildman–Crippen MR) is 152 cm³/mol. The second-order valence-corrected chi connectivity index (χ2v) is 10.5. The van der Waals surface area contributed by atoms with Crippen molar-refractivity contribution in [3.63, 3.8) is 0 Å². The molecular weight excluding hydrogens is 514 g/mol. The van der Waals surface area contributed by atoms with Crippen LogP contribution in [0.25, 0.3) is 0 Å². The molecule has 0 aliphatic heterocycles. The highest BCUT2D eigenvalue weighted by molar-refractivity contribution is 7.92. The van der Waals surface area contributed by atoms with Crippen LogP contribution in [0, 0.1) is 6.92 Å². The van der Waals surface area contributed by atoms with Crippen LogP contribution in [0.15, 0.2) is 113 Å². The molecule has 0 radical (unpaired) electrons. The minimum absolute atomic E-state index is 0.0711. The second-order valence-electron chi connectivity index (χ2n) is 8.66. The lowest BCUT2D eigenvalue weighted by Gasteiger charge is -2.23. The van der Waals surface area contributed by atoms with Crippen LogP contribution < -0.4 is 19.2 Å². The van der Waals surface area contributed by atoms with E-state index in [0.29, 0.717) is 23.8 Å². The van der Waals surface area contributed by atoms with Gasteiger partial charge in [0.05, 0.1) is 23.9 Å². The van der Waals surface area contributed by atoms with Gasteiger partial charge in [-0.25, -0.2) is 13.8 Å². The fraction of sp³-hybridized carbons (Fsp3) is 0.133. The molecule has 4 aromatic carbocycles. The van der Waals surface area contributed by atoms with Crippen molar-refractivity contribution >= 4 is 27.8 Å². The molecule has 1 amide bonds.